The van der Waals surface area contributed by atoms with Crippen molar-refractivity contribution in [2.45, 2.75) is 6.92 Å². The monoisotopic (exact) mass is 366 g/mol. The maximum atomic E-state index is 12.1. The van der Waals surface area contributed by atoms with Gasteiger partial charge in [0, 0.05) is 28.3 Å². The summed E-state index contributed by atoms with van der Waals surface area (Å²) in [5.41, 5.74) is 1.74. The second-order valence-electron chi connectivity index (χ2n) is 4.34. The van der Waals surface area contributed by atoms with Gasteiger partial charge in [0.25, 0.3) is 5.91 Å². The molecule has 0 radical (unpaired) electrons. The fourth-order valence-corrected chi connectivity index (χ4v) is 2.11. The standard InChI is InChI=1S/C15H12BrClN2O2/c1-9(20)18-11-4-2-10(3-5-11)15(21)19-12-6-7-13(16)14(17)8-12/h2-8H,1H3,(H,18,20)(H,19,21). The van der Waals surface area contributed by atoms with Crippen LogP contribution in [0.2, 0.25) is 5.02 Å². The average Bonchev–Trinajstić information content (AvgIpc) is 2.43. The van der Waals surface area contributed by atoms with Crippen LogP contribution in [0, 0.1) is 0 Å². The molecule has 0 spiro atoms. The number of hydrogen-bond donors (Lipinski definition) is 2. The SMILES string of the molecule is CC(=O)Nc1ccc(C(=O)Nc2ccc(Br)c(Cl)c2)cc1. The fourth-order valence-electron chi connectivity index (χ4n) is 1.69. The Labute approximate surface area is 135 Å². The largest absolute Gasteiger partial charge is 0.326 e. The number of rotatable bonds is 3. The van der Waals surface area contributed by atoms with E-state index in [1.807, 2.05) is 0 Å². The molecule has 6 heteroatoms. The molecule has 4 nitrogen and oxygen atoms in total. The van der Waals surface area contributed by atoms with Crippen molar-refractivity contribution in [3.63, 3.8) is 0 Å². The van der Waals surface area contributed by atoms with E-state index in [0.29, 0.717) is 22.0 Å². The minimum Gasteiger partial charge on any atom is -0.326 e. The summed E-state index contributed by atoms with van der Waals surface area (Å²) >= 11 is 9.26. The van der Waals surface area contributed by atoms with Gasteiger partial charge < -0.3 is 10.6 Å². The summed E-state index contributed by atoms with van der Waals surface area (Å²) in [6.45, 7) is 1.43. The number of benzene rings is 2. The van der Waals surface area contributed by atoms with E-state index in [1.54, 1.807) is 42.5 Å². The molecule has 0 heterocycles. The van der Waals surface area contributed by atoms with E-state index in [4.69, 9.17) is 11.6 Å². The predicted molar refractivity (Wildman–Crippen MR) is 87.9 cm³/mol. The van der Waals surface area contributed by atoms with Crippen molar-refractivity contribution in [1.29, 1.82) is 0 Å². The van der Waals surface area contributed by atoms with Crippen molar-refractivity contribution in [1.82, 2.24) is 0 Å². The Bertz CT molecular complexity index is 687. The lowest BCUT2D eigenvalue weighted by molar-refractivity contribution is -0.114. The van der Waals surface area contributed by atoms with Crippen LogP contribution in [-0.2, 0) is 4.79 Å². The molecule has 2 amide bonds. The van der Waals surface area contributed by atoms with Gasteiger partial charge in [0.05, 0.1) is 5.02 Å². The normalized spacial score (nSPS) is 10.0. The number of carbonyl (C=O) groups is 2. The zero-order valence-corrected chi connectivity index (χ0v) is 13.5. The molecular formula is C15H12BrClN2O2. The number of anilines is 2. The van der Waals surface area contributed by atoms with Crippen LogP contribution in [0.3, 0.4) is 0 Å². The van der Waals surface area contributed by atoms with Gasteiger partial charge in [-0.15, -0.1) is 0 Å². The van der Waals surface area contributed by atoms with Crippen molar-refractivity contribution in [2.24, 2.45) is 0 Å². The molecule has 0 saturated heterocycles. The van der Waals surface area contributed by atoms with E-state index in [9.17, 15) is 9.59 Å². The lowest BCUT2D eigenvalue weighted by Crippen LogP contribution is -2.12. The summed E-state index contributed by atoms with van der Waals surface area (Å²) in [4.78, 5) is 23.0. The summed E-state index contributed by atoms with van der Waals surface area (Å²) in [7, 11) is 0. The third-order valence-electron chi connectivity index (χ3n) is 2.64. The summed E-state index contributed by atoms with van der Waals surface area (Å²) in [5, 5.41) is 5.92. The smallest absolute Gasteiger partial charge is 0.255 e. The van der Waals surface area contributed by atoms with Crippen LogP contribution in [0.1, 0.15) is 17.3 Å². The highest BCUT2D eigenvalue weighted by atomic mass is 79.9. The van der Waals surface area contributed by atoms with Gasteiger partial charge in [-0.25, -0.2) is 0 Å². The van der Waals surface area contributed by atoms with Gasteiger partial charge in [0.1, 0.15) is 0 Å². The number of halogens is 2. The number of hydrogen-bond acceptors (Lipinski definition) is 2. The quantitative estimate of drug-likeness (QED) is 0.849. The van der Waals surface area contributed by atoms with Crippen molar-refractivity contribution in [3.05, 3.63) is 57.5 Å². The average molecular weight is 368 g/mol. The van der Waals surface area contributed by atoms with Crippen molar-refractivity contribution in [3.8, 4) is 0 Å². The van der Waals surface area contributed by atoms with E-state index >= 15 is 0 Å². The van der Waals surface area contributed by atoms with Crippen LogP contribution in [0.25, 0.3) is 0 Å². The molecule has 0 atom stereocenters. The van der Waals surface area contributed by atoms with Crippen molar-refractivity contribution < 1.29 is 9.59 Å². The zero-order valence-electron chi connectivity index (χ0n) is 11.1. The molecule has 0 saturated carbocycles. The minimum atomic E-state index is -0.247. The molecule has 2 N–H and O–H groups in total. The first-order valence-corrected chi connectivity index (χ1v) is 7.27. The third-order valence-corrected chi connectivity index (χ3v) is 3.88. The maximum Gasteiger partial charge on any atom is 0.255 e. The summed E-state index contributed by atoms with van der Waals surface area (Å²) < 4.78 is 0.766. The van der Waals surface area contributed by atoms with Crippen molar-refractivity contribution in [2.75, 3.05) is 10.6 Å². The van der Waals surface area contributed by atoms with Crippen LogP contribution in [0.4, 0.5) is 11.4 Å². The van der Waals surface area contributed by atoms with E-state index < -0.39 is 0 Å². The number of nitrogens with one attached hydrogen (secondary N) is 2. The first kappa shape index (κ1) is 15.5. The second kappa shape index (κ2) is 6.74. The molecule has 2 aromatic rings. The van der Waals surface area contributed by atoms with E-state index in [2.05, 4.69) is 26.6 Å². The first-order valence-electron chi connectivity index (χ1n) is 6.10. The van der Waals surface area contributed by atoms with Gasteiger partial charge >= 0.3 is 0 Å². The molecule has 2 rings (SSSR count). The van der Waals surface area contributed by atoms with E-state index in [-0.39, 0.29) is 11.8 Å². The molecule has 0 aromatic heterocycles. The van der Waals surface area contributed by atoms with Crippen LogP contribution >= 0.6 is 27.5 Å². The van der Waals surface area contributed by atoms with Crippen LogP contribution in [0.15, 0.2) is 46.9 Å². The Balaban J connectivity index is 2.09. The fraction of sp³-hybridized carbons (Fsp3) is 0.0667. The number of amides is 2. The molecular weight excluding hydrogens is 356 g/mol. The Morgan fingerprint density at radius 1 is 1.00 bits per heavy atom. The Morgan fingerprint density at radius 3 is 2.19 bits per heavy atom. The summed E-state index contributed by atoms with van der Waals surface area (Å²) in [5.74, 6) is -0.403. The maximum absolute atomic E-state index is 12.1. The molecule has 21 heavy (non-hydrogen) atoms. The Hall–Kier alpha value is -1.85. The highest BCUT2D eigenvalue weighted by molar-refractivity contribution is 9.10. The van der Waals surface area contributed by atoms with Crippen LogP contribution in [-0.4, -0.2) is 11.8 Å². The van der Waals surface area contributed by atoms with Gasteiger partial charge in [0.2, 0.25) is 5.91 Å². The summed E-state index contributed by atoms with van der Waals surface area (Å²) in [6, 6.07) is 11.8. The van der Waals surface area contributed by atoms with Gasteiger partial charge in [-0.05, 0) is 58.4 Å². The Morgan fingerprint density at radius 2 is 1.62 bits per heavy atom. The van der Waals surface area contributed by atoms with Crippen LogP contribution < -0.4 is 10.6 Å². The predicted octanol–water partition coefficient (Wildman–Crippen LogP) is 4.31. The molecule has 0 aliphatic heterocycles. The molecule has 0 aliphatic rings. The highest BCUT2D eigenvalue weighted by Gasteiger charge is 2.07. The van der Waals surface area contributed by atoms with E-state index in [0.717, 1.165) is 4.47 Å². The minimum absolute atomic E-state index is 0.156. The molecule has 2 aromatic carbocycles. The van der Waals surface area contributed by atoms with Crippen LogP contribution in [0.5, 0.6) is 0 Å². The van der Waals surface area contributed by atoms with Gasteiger partial charge in [-0.1, -0.05) is 11.6 Å². The lowest BCUT2D eigenvalue weighted by atomic mass is 10.2. The topological polar surface area (TPSA) is 58.2 Å². The first-order chi connectivity index (χ1) is 9.95. The zero-order chi connectivity index (χ0) is 15.4. The van der Waals surface area contributed by atoms with Gasteiger partial charge in [-0.3, -0.25) is 9.59 Å². The Kier molecular flexibility index (Phi) is 4.98. The van der Waals surface area contributed by atoms with E-state index in [1.165, 1.54) is 6.92 Å². The molecule has 0 unspecified atom stereocenters. The number of carbonyl (C=O) groups excluding carboxylic acids is 2. The molecule has 108 valence electrons. The second-order valence-corrected chi connectivity index (χ2v) is 5.60. The molecule has 0 aliphatic carbocycles. The van der Waals surface area contributed by atoms with Gasteiger partial charge in [-0.2, -0.15) is 0 Å². The third kappa shape index (κ3) is 4.31. The lowest BCUT2D eigenvalue weighted by Gasteiger charge is -2.07. The van der Waals surface area contributed by atoms with Gasteiger partial charge in [0.15, 0.2) is 0 Å². The van der Waals surface area contributed by atoms with Crippen molar-refractivity contribution >= 4 is 50.7 Å². The molecule has 0 bridgehead atoms. The highest BCUT2D eigenvalue weighted by Crippen LogP contribution is 2.25. The summed E-state index contributed by atoms with van der Waals surface area (Å²) in [6.07, 6.45) is 0. The molecule has 0 fully saturated rings.